The van der Waals surface area contributed by atoms with Crippen molar-refractivity contribution in [1.82, 2.24) is 0 Å². The molecule has 4 N–H and O–H groups in total. The van der Waals surface area contributed by atoms with E-state index < -0.39 is 0 Å². The Morgan fingerprint density at radius 1 is 1.40 bits per heavy atom. The van der Waals surface area contributed by atoms with Crippen LogP contribution < -0.4 is 11.5 Å². The molecule has 0 aromatic heterocycles. The number of hydrogen-bond donors (Lipinski definition) is 2. The maximum absolute atomic E-state index is 11.3. The SMILES string of the molecule is CC(=O)C(CSCCN)CC(C)C(N)=O. The van der Waals surface area contributed by atoms with Crippen LogP contribution in [-0.2, 0) is 9.59 Å². The smallest absolute Gasteiger partial charge is 0.220 e. The number of Topliss-reactive ketones (excluding diaryl/α,β-unsaturated/α-hetero) is 1. The summed E-state index contributed by atoms with van der Waals surface area (Å²) in [6, 6.07) is 0. The van der Waals surface area contributed by atoms with Gasteiger partial charge in [0.05, 0.1) is 0 Å². The first-order valence-electron chi connectivity index (χ1n) is 5.06. The Hall–Kier alpha value is -0.550. The lowest BCUT2D eigenvalue weighted by Crippen LogP contribution is -2.26. The van der Waals surface area contributed by atoms with Crippen LogP contribution in [0, 0.1) is 11.8 Å². The Labute approximate surface area is 95.1 Å². The van der Waals surface area contributed by atoms with E-state index in [2.05, 4.69) is 0 Å². The van der Waals surface area contributed by atoms with Gasteiger partial charge in [-0.1, -0.05) is 6.92 Å². The van der Waals surface area contributed by atoms with E-state index in [1.54, 1.807) is 25.6 Å². The number of hydrogen-bond acceptors (Lipinski definition) is 4. The predicted molar refractivity (Wildman–Crippen MR) is 63.5 cm³/mol. The van der Waals surface area contributed by atoms with Gasteiger partial charge in [-0.3, -0.25) is 9.59 Å². The molecule has 0 aliphatic heterocycles. The lowest BCUT2D eigenvalue weighted by atomic mass is 9.94. The van der Waals surface area contributed by atoms with Crippen LogP contribution >= 0.6 is 11.8 Å². The largest absolute Gasteiger partial charge is 0.369 e. The van der Waals surface area contributed by atoms with E-state index in [-0.39, 0.29) is 23.5 Å². The van der Waals surface area contributed by atoms with Gasteiger partial charge in [0.15, 0.2) is 0 Å². The van der Waals surface area contributed by atoms with Gasteiger partial charge in [-0.15, -0.1) is 0 Å². The Morgan fingerprint density at radius 3 is 2.40 bits per heavy atom. The molecule has 0 heterocycles. The summed E-state index contributed by atoms with van der Waals surface area (Å²) in [5, 5.41) is 0. The molecule has 15 heavy (non-hydrogen) atoms. The Morgan fingerprint density at radius 2 is 2.00 bits per heavy atom. The standard InChI is InChI=1S/C10H20N2O2S/c1-7(10(12)14)5-9(8(2)13)6-15-4-3-11/h7,9H,3-6,11H2,1-2H3,(H2,12,14). The van der Waals surface area contributed by atoms with E-state index in [1.165, 1.54) is 0 Å². The minimum absolute atomic E-state index is 0.0796. The second-order valence-corrected chi connectivity index (χ2v) is 4.86. The topological polar surface area (TPSA) is 86.2 Å². The number of thioether (sulfide) groups is 1. The highest BCUT2D eigenvalue weighted by Crippen LogP contribution is 2.18. The van der Waals surface area contributed by atoms with Crippen molar-refractivity contribution >= 4 is 23.5 Å². The third-order valence-electron chi connectivity index (χ3n) is 2.28. The van der Waals surface area contributed by atoms with E-state index >= 15 is 0 Å². The highest BCUT2D eigenvalue weighted by Gasteiger charge is 2.20. The van der Waals surface area contributed by atoms with Gasteiger partial charge in [0, 0.05) is 29.9 Å². The molecule has 0 saturated carbocycles. The number of carbonyl (C=O) groups is 2. The van der Waals surface area contributed by atoms with Gasteiger partial charge in [-0.05, 0) is 13.3 Å². The van der Waals surface area contributed by atoms with Crippen molar-refractivity contribution in [3.8, 4) is 0 Å². The van der Waals surface area contributed by atoms with E-state index in [9.17, 15) is 9.59 Å². The zero-order valence-electron chi connectivity index (χ0n) is 9.36. The van der Waals surface area contributed by atoms with Gasteiger partial charge in [0.2, 0.25) is 5.91 Å². The summed E-state index contributed by atoms with van der Waals surface area (Å²) in [5.74, 6) is 1.03. The van der Waals surface area contributed by atoms with Crippen LogP contribution in [0.3, 0.4) is 0 Å². The maximum atomic E-state index is 11.3. The van der Waals surface area contributed by atoms with E-state index in [4.69, 9.17) is 11.5 Å². The molecule has 4 nitrogen and oxygen atoms in total. The van der Waals surface area contributed by atoms with Gasteiger partial charge in [0.25, 0.3) is 0 Å². The monoisotopic (exact) mass is 232 g/mol. The molecule has 0 bridgehead atoms. The minimum Gasteiger partial charge on any atom is -0.369 e. The molecule has 0 radical (unpaired) electrons. The predicted octanol–water partition coefficient (Wildman–Crippen LogP) is 0.395. The lowest BCUT2D eigenvalue weighted by Gasteiger charge is -2.16. The van der Waals surface area contributed by atoms with Crippen LogP contribution in [0.15, 0.2) is 0 Å². The van der Waals surface area contributed by atoms with Crippen molar-refractivity contribution in [1.29, 1.82) is 0 Å². The van der Waals surface area contributed by atoms with E-state index in [0.29, 0.717) is 13.0 Å². The van der Waals surface area contributed by atoms with Crippen molar-refractivity contribution in [2.45, 2.75) is 20.3 Å². The second-order valence-electron chi connectivity index (χ2n) is 3.71. The average Bonchev–Trinajstić information content (AvgIpc) is 2.15. The van der Waals surface area contributed by atoms with Crippen molar-refractivity contribution in [3.63, 3.8) is 0 Å². The van der Waals surface area contributed by atoms with Crippen molar-refractivity contribution in [2.75, 3.05) is 18.1 Å². The molecule has 1 amide bonds. The minimum atomic E-state index is -0.343. The normalized spacial score (nSPS) is 14.6. The third-order valence-corrected chi connectivity index (χ3v) is 3.44. The van der Waals surface area contributed by atoms with Gasteiger partial charge in [0.1, 0.15) is 5.78 Å². The van der Waals surface area contributed by atoms with Crippen molar-refractivity contribution in [3.05, 3.63) is 0 Å². The van der Waals surface area contributed by atoms with Crippen LogP contribution in [0.5, 0.6) is 0 Å². The number of carbonyl (C=O) groups excluding carboxylic acids is 2. The summed E-state index contributed by atoms with van der Waals surface area (Å²) in [5.41, 5.74) is 10.5. The lowest BCUT2D eigenvalue weighted by molar-refractivity contribution is -0.123. The first kappa shape index (κ1) is 14.5. The molecule has 0 aromatic carbocycles. The molecule has 0 aromatic rings. The summed E-state index contributed by atoms with van der Waals surface area (Å²) in [6.07, 6.45) is 0.544. The van der Waals surface area contributed by atoms with Crippen molar-refractivity contribution < 1.29 is 9.59 Å². The zero-order chi connectivity index (χ0) is 11.8. The fourth-order valence-electron chi connectivity index (χ4n) is 1.20. The second kappa shape index (κ2) is 7.70. The Kier molecular flexibility index (Phi) is 7.42. The summed E-state index contributed by atoms with van der Waals surface area (Å²) >= 11 is 1.65. The molecular formula is C10H20N2O2S. The molecule has 2 atom stereocenters. The van der Waals surface area contributed by atoms with Crippen molar-refractivity contribution in [2.24, 2.45) is 23.3 Å². The van der Waals surface area contributed by atoms with Crippen LogP contribution in [-0.4, -0.2) is 29.7 Å². The number of nitrogens with two attached hydrogens (primary N) is 2. The molecule has 88 valence electrons. The molecule has 0 fully saturated rings. The number of primary amides is 1. The number of amides is 1. The van der Waals surface area contributed by atoms with Crippen LogP contribution in [0.2, 0.25) is 0 Å². The summed E-state index contributed by atoms with van der Waals surface area (Å²) in [6.45, 7) is 3.92. The molecule has 0 spiro atoms. The fourth-order valence-corrected chi connectivity index (χ4v) is 2.19. The summed E-state index contributed by atoms with van der Waals surface area (Å²) in [7, 11) is 0. The quantitative estimate of drug-likeness (QED) is 0.593. The van der Waals surface area contributed by atoms with Crippen LogP contribution in [0.25, 0.3) is 0 Å². The number of rotatable bonds is 8. The van der Waals surface area contributed by atoms with E-state index in [1.807, 2.05) is 0 Å². The molecule has 2 unspecified atom stereocenters. The zero-order valence-corrected chi connectivity index (χ0v) is 10.2. The first-order valence-corrected chi connectivity index (χ1v) is 6.22. The van der Waals surface area contributed by atoms with E-state index in [0.717, 1.165) is 11.5 Å². The first-order chi connectivity index (χ1) is 6.99. The van der Waals surface area contributed by atoms with Gasteiger partial charge >= 0.3 is 0 Å². The molecule has 0 aliphatic rings. The maximum Gasteiger partial charge on any atom is 0.220 e. The molecule has 0 saturated heterocycles. The van der Waals surface area contributed by atoms with Gasteiger partial charge < -0.3 is 11.5 Å². The highest BCUT2D eigenvalue weighted by molar-refractivity contribution is 7.99. The highest BCUT2D eigenvalue weighted by atomic mass is 32.2. The van der Waals surface area contributed by atoms with Gasteiger partial charge in [-0.2, -0.15) is 11.8 Å². The van der Waals surface area contributed by atoms with Crippen LogP contribution in [0.1, 0.15) is 20.3 Å². The third kappa shape index (κ3) is 6.52. The molecule has 0 rings (SSSR count). The van der Waals surface area contributed by atoms with Crippen LogP contribution in [0.4, 0.5) is 0 Å². The fraction of sp³-hybridized carbons (Fsp3) is 0.800. The Balaban J connectivity index is 4.04. The van der Waals surface area contributed by atoms with Gasteiger partial charge in [-0.25, -0.2) is 0 Å². The summed E-state index contributed by atoms with van der Waals surface area (Å²) in [4.78, 5) is 22.2. The molecular weight excluding hydrogens is 212 g/mol. The molecule has 5 heteroatoms. The average molecular weight is 232 g/mol. The Bertz CT molecular complexity index is 221. The summed E-state index contributed by atoms with van der Waals surface area (Å²) < 4.78 is 0. The number of ketones is 1. The molecule has 0 aliphatic carbocycles.